The fraction of sp³-hybridized carbons (Fsp3) is 0.400. The molecule has 1 heterocycles. The Bertz CT molecular complexity index is 809. The Morgan fingerprint density at radius 1 is 1.00 bits per heavy atom. The molecule has 0 spiro atoms. The molecular weight excluding hydrogens is 351 g/mol. The van der Waals surface area contributed by atoms with Gasteiger partial charge < -0.3 is 0 Å². The maximum atomic E-state index is 13.0. The van der Waals surface area contributed by atoms with Crippen molar-refractivity contribution in [1.82, 2.24) is 9.21 Å². The standard InChI is InChI=1S/C20H25FN2O2S/c1-17-15-23(26(24,25)16-19-7-9-20(21)10-8-19)14-13-22(17)12-11-18-5-3-2-4-6-18/h2-10,17H,11-16H2,1H3. The van der Waals surface area contributed by atoms with Crippen molar-refractivity contribution in [2.45, 2.75) is 25.1 Å². The molecule has 0 N–H and O–H groups in total. The summed E-state index contributed by atoms with van der Waals surface area (Å²) >= 11 is 0. The molecule has 1 aliphatic heterocycles. The highest BCUT2D eigenvalue weighted by atomic mass is 32.2. The van der Waals surface area contributed by atoms with Gasteiger partial charge >= 0.3 is 0 Å². The summed E-state index contributed by atoms with van der Waals surface area (Å²) in [5.74, 6) is -0.434. The van der Waals surface area contributed by atoms with Gasteiger partial charge in [-0.2, -0.15) is 4.31 Å². The lowest BCUT2D eigenvalue weighted by Gasteiger charge is -2.39. The van der Waals surface area contributed by atoms with Crippen LogP contribution in [0.2, 0.25) is 0 Å². The van der Waals surface area contributed by atoms with Crippen molar-refractivity contribution >= 4 is 10.0 Å². The fourth-order valence-electron chi connectivity index (χ4n) is 3.35. The van der Waals surface area contributed by atoms with Crippen LogP contribution in [0.4, 0.5) is 4.39 Å². The normalized spacial score (nSPS) is 19.5. The molecular formula is C20H25FN2O2S. The zero-order valence-electron chi connectivity index (χ0n) is 15.0. The second-order valence-electron chi connectivity index (χ2n) is 6.86. The molecule has 1 atom stereocenters. The molecule has 0 aliphatic carbocycles. The lowest BCUT2D eigenvalue weighted by atomic mass is 10.1. The lowest BCUT2D eigenvalue weighted by molar-refractivity contribution is 0.130. The summed E-state index contributed by atoms with van der Waals surface area (Å²) in [5.41, 5.74) is 1.91. The molecule has 0 saturated carbocycles. The summed E-state index contributed by atoms with van der Waals surface area (Å²) in [5, 5.41) is 0. The first-order chi connectivity index (χ1) is 12.4. The first kappa shape index (κ1) is 19.0. The minimum atomic E-state index is -3.39. The molecule has 3 rings (SSSR count). The van der Waals surface area contributed by atoms with Gasteiger partial charge in [-0.1, -0.05) is 42.5 Å². The molecule has 1 unspecified atom stereocenters. The number of benzene rings is 2. The fourth-order valence-corrected chi connectivity index (χ4v) is 4.95. The van der Waals surface area contributed by atoms with Gasteiger partial charge in [0.15, 0.2) is 0 Å². The van der Waals surface area contributed by atoms with Crippen molar-refractivity contribution in [2.24, 2.45) is 0 Å². The van der Waals surface area contributed by atoms with Crippen molar-refractivity contribution in [3.8, 4) is 0 Å². The second kappa shape index (κ2) is 8.29. The molecule has 2 aromatic rings. The van der Waals surface area contributed by atoms with E-state index in [4.69, 9.17) is 0 Å². The largest absolute Gasteiger partial charge is 0.298 e. The first-order valence-electron chi connectivity index (χ1n) is 8.94. The molecule has 4 nitrogen and oxygen atoms in total. The average molecular weight is 376 g/mol. The highest BCUT2D eigenvalue weighted by Crippen LogP contribution is 2.18. The van der Waals surface area contributed by atoms with Gasteiger partial charge in [0, 0.05) is 32.2 Å². The SMILES string of the molecule is CC1CN(S(=O)(=O)Cc2ccc(F)cc2)CCN1CCc1ccccc1. The van der Waals surface area contributed by atoms with E-state index in [1.54, 1.807) is 4.31 Å². The quantitative estimate of drug-likeness (QED) is 0.778. The molecule has 140 valence electrons. The van der Waals surface area contributed by atoms with E-state index in [0.29, 0.717) is 18.7 Å². The van der Waals surface area contributed by atoms with Gasteiger partial charge in [0.2, 0.25) is 10.0 Å². The Balaban J connectivity index is 1.56. The molecule has 0 bridgehead atoms. The Hall–Kier alpha value is -1.76. The summed E-state index contributed by atoms with van der Waals surface area (Å²) in [4.78, 5) is 2.34. The monoisotopic (exact) mass is 376 g/mol. The van der Waals surface area contributed by atoms with E-state index in [0.717, 1.165) is 19.5 Å². The summed E-state index contributed by atoms with van der Waals surface area (Å²) in [6.07, 6.45) is 0.966. The predicted molar refractivity (Wildman–Crippen MR) is 102 cm³/mol. The smallest absolute Gasteiger partial charge is 0.218 e. The van der Waals surface area contributed by atoms with Gasteiger partial charge in [0.1, 0.15) is 5.82 Å². The van der Waals surface area contributed by atoms with E-state index in [-0.39, 0.29) is 17.6 Å². The van der Waals surface area contributed by atoms with Crippen molar-refractivity contribution < 1.29 is 12.8 Å². The maximum Gasteiger partial charge on any atom is 0.218 e. The minimum absolute atomic E-state index is 0.0793. The van der Waals surface area contributed by atoms with Crippen molar-refractivity contribution in [1.29, 1.82) is 0 Å². The van der Waals surface area contributed by atoms with Crippen LogP contribution in [0.3, 0.4) is 0 Å². The number of sulfonamides is 1. The average Bonchev–Trinajstić information content (AvgIpc) is 2.63. The minimum Gasteiger partial charge on any atom is -0.298 e. The Labute approximate surface area is 155 Å². The van der Waals surface area contributed by atoms with Crippen LogP contribution in [-0.4, -0.2) is 49.8 Å². The van der Waals surface area contributed by atoms with Crippen LogP contribution in [-0.2, 0) is 22.2 Å². The van der Waals surface area contributed by atoms with Gasteiger partial charge in [0.25, 0.3) is 0 Å². The Morgan fingerprint density at radius 3 is 2.35 bits per heavy atom. The molecule has 1 fully saturated rings. The first-order valence-corrected chi connectivity index (χ1v) is 10.6. The molecule has 26 heavy (non-hydrogen) atoms. The molecule has 0 amide bonds. The van der Waals surface area contributed by atoms with E-state index in [9.17, 15) is 12.8 Å². The summed E-state index contributed by atoms with van der Waals surface area (Å²) in [7, 11) is -3.39. The van der Waals surface area contributed by atoms with Crippen molar-refractivity contribution in [3.05, 3.63) is 71.5 Å². The summed E-state index contributed by atoms with van der Waals surface area (Å²) in [6.45, 7) is 4.74. The van der Waals surface area contributed by atoms with Crippen LogP contribution in [0, 0.1) is 5.82 Å². The zero-order valence-corrected chi connectivity index (χ0v) is 15.8. The van der Waals surface area contributed by atoms with Gasteiger partial charge in [-0.3, -0.25) is 4.90 Å². The highest BCUT2D eigenvalue weighted by Gasteiger charge is 2.30. The second-order valence-corrected chi connectivity index (χ2v) is 8.83. The van der Waals surface area contributed by atoms with Gasteiger partial charge in [-0.25, -0.2) is 12.8 Å². The van der Waals surface area contributed by atoms with Crippen molar-refractivity contribution in [2.75, 3.05) is 26.2 Å². The number of nitrogens with zero attached hydrogens (tertiary/aromatic N) is 2. The van der Waals surface area contributed by atoms with E-state index >= 15 is 0 Å². The molecule has 2 aromatic carbocycles. The van der Waals surface area contributed by atoms with Gasteiger partial charge in [-0.15, -0.1) is 0 Å². The molecule has 0 aromatic heterocycles. The predicted octanol–water partition coefficient (Wildman–Crippen LogP) is 2.90. The van der Waals surface area contributed by atoms with Crippen molar-refractivity contribution in [3.63, 3.8) is 0 Å². The van der Waals surface area contributed by atoms with E-state index in [2.05, 4.69) is 24.0 Å². The van der Waals surface area contributed by atoms with Gasteiger partial charge in [-0.05, 0) is 36.6 Å². The molecule has 1 saturated heterocycles. The maximum absolute atomic E-state index is 13.0. The van der Waals surface area contributed by atoms with E-state index in [1.807, 2.05) is 18.2 Å². The lowest BCUT2D eigenvalue weighted by Crippen LogP contribution is -2.54. The number of hydrogen-bond donors (Lipinski definition) is 0. The van der Waals surface area contributed by atoms with Crippen LogP contribution >= 0.6 is 0 Å². The number of piperazine rings is 1. The van der Waals surface area contributed by atoms with Crippen LogP contribution in [0.15, 0.2) is 54.6 Å². The zero-order chi connectivity index (χ0) is 18.6. The molecule has 0 radical (unpaired) electrons. The Kier molecular flexibility index (Phi) is 6.06. The topological polar surface area (TPSA) is 40.6 Å². The Morgan fingerprint density at radius 2 is 1.69 bits per heavy atom. The summed E-state index contributed by atoms with van der Waals surface area (Å²) in [6, 6.07) is 16.2. The van der Waals surface area contributed by atoms with Gasteiger partial charge in [0.05, 0.1) is 5.75 Å². The van der Waals surface area contributed by atoms with Crippen LogP contribution < -0.4 is 0 Å². The highest BCUT2D eigenvalue weighted by molar-refractivity contribution is 7.88. The molecule has 1 aliphatic rings. The van der Waals surface area contributed by atoms with E-state index in [1.165, 1.54) is 29.8 Å². The molecule has 6 heteroatoms. The third-order valence-corrected chi connectivity index (χ3v) is 6.73. The van der Waals surface area contributed by atoms with Crippen LogP contribution in [0.25, 0.3) is 0 Å². The van der Waals surface area contributed by atoms with E-state index < -0.39 is 10.0 Å². The number of rotatable bonds is 6. The third kappa shape index (κ3) is 4.90. The number of hydrogen-bond acceptors (Lipinski definition) is 3. The third-order valence-electron chi connectivity index (χ3n) is 4.91. The number of halogens is 1. The van der Waals surface area contributed by atoms with Crippen LogP contribution in [0.5, 0.6) is 0 Å². The summed E-state index contributed by atoms with van der Waals surface area (Å²) < 4.78 is 39.9. The van der Waals surface area contributed by atoms with Crippen LogP contribution in [0.1, 0.15) is 18.1 Å².